The zero-order valence-electron chi connectivity index (χ0n) is 10.6. The minimum atomic E-state index is 0.918. The van der Waals surface area contributed by atoms with Crippen LogP contribution in [-0.2, 0) is 0 Å². The molecule has 0 saturated carbocycles. The largest absolute Gasteiger partial charge is 0.0917 e. The van der Waals surface area contributed by atoms with E-state index >= 15 is 0 Å². The van der Waals surface area contributed by atoms with Gasteiger partial charge >= 0.3 is 0 Å². The van der Waals surface area contributed by atoms with Crippen molar-refractivity contribution in [1.82, 2.24) is 0 Å². The van der Waals surface area contributed by atoms with E-state index in [2.05, 4.69) is 39.8 Å². The molecule has 0 bridgehead atoms. The average molecular weight is 196 g/mol. The van der Waals surface area contributed by atoms with E-state index in [9.17, 15) is 0 Å². The first-order valence-corrected chi connectivity index (χ1v) is 6.31. The minimum Gasteiger partial charge on any atom is -0.0917 e. The molecule has 0 spiro atoms. The fraction of sp³-hybridized carbons (Fsp3) is 0.857. The Morgan fingerprint density at radius 2 is 1.71 bits per heavy atom. The Kier molecular flexibility index (Phi) is 9.13. The monoisotopic (exact) mass is 196 g/mol. The Bertz CT molecular complexity index is 135. The molecular weight excluding hydrogens is 168 g/mol. The molecule has 14 heavy (non-hydrogen) atoms. The molecule has 0 radical (unpaired) electrons. The van der Waals surface area contributed by atoms with Gasteiger partial charge in [-0.3, -0.25) is 0 Å². The first kappa shape index (κ1) is 13.7. The molecule has 0 heterocycles. The summed E-state index contributed by atoms with van der Waals surface area (Å²) in [6, 6.07) is 0. The molecular formula is C14H28. The molecule has 0 aliphatic heterocycles. The molecule has 0 rings (SSSR count). The normalized spacial score (nSPS) is 16.0. The standard InChI is InChI=1S/C14H28/c1-5-7-8-9-11-14(4)12-13(3)10-6-2/h5,7,13-14H,6,8-12H2,1-4H3. The summed E-state index contributed by atoms with van der Waals surface area (Å²) in [5, 5.41) is 0. The lowest BCUT2D eigenvalue weighted by atomic mass is 9.90. The summed E-state index contributed by atoms with van der Waals surface area (Å²) in [6.07, 6.45) is 12.6. The number of hydrogen-bond donors (Lipinski definition) is 0. The highest BCUT2D eigenvalue weighted by Gasteiger charge is 2.07. The summed E-state index contributed by atoms with van der Waals surface area (Å²) < 4.78 is 0. The summed E-state index contributed by atoms with van der Waals surface area (Å²) in [6.45, 7) is 9.19. The van der Waals surface area contributed by atoms with Crippen molar-refractivity contribution >= 4 is 0 Å². The van der Waals surface area contributed by atoms with Gasteiger partial charge in [-0.25, -0.2) is 0 Å². The lowest BCUT2D eigenvalue weighted by Gasteiger charge is -2.16. The van der Waals surface area contributed by atoms with E-state index in [1.807, 2.05) is 0 Å². The smallest absolute Gasteiger partial charge is 0.0351 e. The van der Waals surface area contributed by atoms with Crippen LogP contribution in [0.2, 0.25) is 0 Å². The average Bonchev–Trinajstić information content (AvgIpc) is 2.13. The van der Waals surface area contributed by atoms with Crippen LogP contribution in [-0.4, -0.2) is 0 Å². The first-order chi connectivity index (χ1) is 6.70. The lowest BCUT2D eigenvalue weighted by Crippen LogP contribution is -2.02. The van der Waals surface area contributed by atoms with Crippen LogP contribution in [0.3, 0.4) is 0 Å². The minimum absolute atomic E-state index is 0.918. The van der Waals surface area contributed by atoms with E-state index in [-0.39, 0.29) is 0 Å². The molecule has 0 aliphatic rings. The highest BCUT2D eigenvalue weighted by atomic mass is 14.1. The van der Waals surface area contributed by atoms with Gasteiger partial charge in [-0.1, -0.05) is 52.2 Å². The third-order valence-electron chi connectivity index (χ3n) is 2.89. The van der Waals surface area contributed by atoms with Gasteiger partial charge in [0.2, 0.25) is 0 Å². The van der Waals surface area contributed by atoms with Crippen LogP contribution < -0.4 is 0 Å². The van der Waals surface area contributed by atoms with Gasteiger partial charge in [0.05, 0.1) is 0 Å². The second-order valence-corrected chi connectivity index (χ2v) is 4.73. The van der Waals surface area contributed by atoms with Gasteiger partial charge < -0.3 is 0 Å². The van der Waals surface area contributed by atoms with E-state index in [1.165, 1.54) is 38.5 Å². The Hall–Kier alpha value is -0.260. The molecule has 0 aromatic rings. The van der Waals surface area contributed by atoms with Crippen LogP contribution in [0.4, 0.5) is 0 Å². The second kappa shape index (κ2) is 9.30. The summed E-state index contributed by atoms with van der Waals surface area (Å²) in [4.78, 5) is 0. The van der Waals surface area contributed by atoms with Gasteiger partial charge in [0.1, 0.15) is 0 Å². The SMILES string of the molecule is CC=CCCCC(C)CC(C)CCC. The van der Waals surface area contributed by atoms with Gasteiger partial charge in [-0.2, -0.15) is 0 Å². The molecule has 2 unspecified atom stereocenters. The zero-order valence-corrected chi connectivity index (χ0v) is 10.6. The predicted octanol–water partition coefficient (Wildman–Crippen LogP) is 5.20. The Labute approximate surface area is 90.8 Å². The van der Waals surface area contributed by atoms with Gasteiger partial charge in [0, 0.05) is 0 Å². The zero-order chi connectivity index (χ0) is 10.8. The first-order valence-electron chi connectivity index (χ1n) is 6.31. The number of allylic oxidation sites excluding steroid dienone is 2. The number of hydrogen-bond acceptors (Lipinski definition) is 0. The van der Waals surface area contributed by atoms with Crippen molar-refractivity contribution in [2.75, 3.05) is 0 Å². The molecule has 2 atom stereocenters. The van der Waals surface area contributed by atoms with Crippen molar-refractivity contribution in [3.05, 3.63) is 12.2 Å². The third kappa shape index (κ3) is 8.34. The van der Waals surface area contributed by atoms with Gasteiger partial charge in [-0.05, 0) is 38.0 Å². The summed E-state index contributed by atoms with van der Waals surface area (Å²) in [7, 11) is 0. The Balaban J connectivity index is 3.39. The van der Waals surface area contributed by atoms with E-state index < -0.39 is 0 Å². The van der Waals surface area contributed by atoms with Crippen LogP contribution in [0, 0.1) is 11.8 Å². The van der Waals surface area contributed by atoms with Gasteiger partial charge in [0.15, 0.2) is 0 Å². The van der Waals surface area contributed by atoms with Crippen LogP contribution in [0.15, 0.2) is 12.2 Å². The van der Waals surface area contributed by atoms with Crippen LogP contribution in [0.25, 0.3) is 0 Å². The van der Waals surface area contributed by atoms with Crippen molar-refractivity contribution in [1.29, 1.82) is 0 Å². The Morgan fingerprint density at radius 3 is 2.29 bits per heavy atom. The molecule has 0 heteroatoms. The molecule has 0 nitrogen and oxygen atoms in total. The van der Waals surface area contributed by atoms with Gasteiger partial charge in [-0.15, -0.1) is 0 Å². The van der Waals surface area contributed by atoms with Crippen molar-refractivity contribution in [2.45, 2.75) is 66.2 Å². The molecule has 0 aromatic heterocycles. The lowest BCUT2D eigenvalue weighted by molar-refractivity contribution is 0.370. The quantitative estimate of drug-likeness (QED) is 0.370. The van der Waals surface area contributed by atoms with Gasteiger partial charge in [0.25, 0.3) is 0 Å². The topological polar surface area (TPSA) is 0 Å². The molecule has 0 fully saturated rings. The molecule has 0 saturated heterocycles. The third-order valence-corrected chi connectivity index (χ3v) is 2.89. The van der Waals surface area contributed by atoms with E-state index in [1.54, 1.807) is 0 Å². The van der Waals surface area contributed by atoms with Crippen molar-refractivity contribution < 1.29 is 0 Å². The van der Waals surface area contributed by atoms with Crippen molar-refractivity contribution in [3.8, 4) is 0 Å². The summed E-state index contributed by atoms with van der Waals surface area (Å²) in [5.41, 5.74) is 0. The van der Waals surface area contributed by atoms with E-state index in [0.29, 0.717) is 0 Å². The van der Waals surface area contributed by atoms with Crippen LogP contribution in [0.1, 0.15) is 66.2 Å². The predicted molar refractivity (Wildman–Crippen MR) is 66.5 cm³/mol. The van der Waals surface area contributed by atoms with Crippen molar-refractivity contribution in [2.24, 2.45) is 11.8 Å². The van der Waals surface area contributed by atoms with E-state index in [4.69, 9.17) is 0 Å². The maximum Gasteiger partial charge on any atom is -0.0351 e. The van der Waals surface area contributed by atoms with Crippen LogP contribution >= 0.6 is 0 Å². The Morgan fingerprint density at radius 1 is 1.07 bits per heavy atom. The van der Waals surface area contributed by atoms with Crippen molar-refractivity contribution in [3.63, 3.8) is 0 Å². The fourth-order valence-electron chi connectivity index (χ4n) is 2.17. The summed E-state index contributed by atoms with van der Waals surface area (Å²) in [5.74, 6) is 1.85. The number of unbranched alkanes of at least 4 members (excludes halogenated alkanes) is 1. The summed E-state index contributed by atoms with van der Waals surface area (Å²) >= 11 is 0. The second-order valence-electron chi connectivity index (χ2n) is 4.73. The van der Waals surface area contributed by atoms with Crippen LogP contribution in [0.5, 0.6) is 0 Å². The highest BCUT2D eigenvalue weighted by molar-refractivity contribution is 4.76. The van der Waals surface area contributed by atoms with E-state index in [0.717, 1.165) is 11.8 Å². The number of rotatable bonds is 8. The molecule has 0 N–H and O–H groups in total. The maximum absolute atomic E-state index is 2.40. The fourth-order valence-corrected chi connectivity index (χ4v) is 2.17. The molecule has 0 amide bonds. The maximum atomic E-state index is 2.40. The molecule has 0 aliphatic carbocycles. The molecule has 84 valence electrons. The molecule has 0 aromatic carbocycles. The highest BCUT2D eigenvalue weighted by Crippen LogP contribution is 2.20.